The van der Waals surface area contributed by atoms with Gasteiger partial charge in [0.05, 0.1) is 0 Å². The van der Waals surface area contributed by atoms with E-state index in [-0.39, 0.29) is 13.2 Å². The van der Waals surface area contributed by atoms with Crippen molar-refractivity contribution in [3.63, 3.8) is 0 Å². The third-order valence-corrected chi connectivity index (χ3v) is 3.11. The summed E-state index contributed by atoms with van der Waals surface area (Å²) in [5.74, 6) is 0.269. The molecule has 0 unspecified atom stereocenters. The van der Waals surface area contributed by atoms with Gasteiger partial charge in [0.1, 0.15) is 5.75 Å². The number of para-hydroxylation sites is 1. The molecule has 0 aliphatic rings. The van der Waals surface area contributed by atoms with E-state index in [0.29, 0.717) is 0 Å². The van der Waals surface area contributed by atoms with Crippen molar-refractivity contribution in [2.45, 2.75) is 20.3 Å². The van der Waals surface area contributed by atoms with E-state index >= 15 is 0 Å². The molecule has 18 heavy (non-hydrogen) atoms. The number of benzene rings is 2. The normalized spacial score (nSPS) is 9.56. The zero-order valence-corrected chi connectivity index (χ0v) is 10.3. The molecule has 1 N–H and O–H groups in total. The van der Waals surface area contributed by atoms with Crippen LogP contribution in [0.3, 0.4) is 0 Å². The van der Waals surface area contributed by atoms with Crippen LogP contribution in [-0.4, -0.2) is 9.97 Å². The molecule has 1 nitrogen and oxygen atoms in total. The number of rotatable bonds is 4. The van der Waals surface area contributed by atoms with Crippen molar-refractivity contribution in [3.05, 3.63) is 65.7 Å². The van der Waals surface area contributed by atoms with Crippen molar-refractivity contribution in [1.82, 2.24) is 0 Å². The van der Waals surface area contributed by atoms with Crippen LogP contribution in [-0.2, 0) is 6.42 Å². The Morgan fingerprint density at radius 3 is 2.22 bits per heavy atom. The van der Waals surface area contributed by atoms with E-state index in [1.807, 2.05) is 30.3 Å². The van der Waals surface area contributed by atoms with Gasteiger partial charge in [-0.1, -0.05) is 68.2 Å². The van der Waals surface area contributed by atoms with Gasteiger partial charge in [-0.15, -0.1) is 0 Å². The number of phenolic OH excluding ortho intramolecular Hbond substituents is 1. The molecule has 0 saturated carbocycles. The number of thiocarbonyl (C=S) groups is 1. The van der Waals surface area contributed by atoms with Crippen LogP contribution >= 0.6 is 12.2 Å². The van der Waals surface area contributed by atoms with E-state index in [1.165, 1.54) is 5.56 Å². The highest BCUT2D eigenvalue weighted by Crippen LogP contribution is 2.19. The summed E-state index contributed by atoms with van der Waals surface area (Å²) in [4.78, 5) is 0.812. The van der Waals surface area contributed by atoms with Gasteiger partial charge in [-0.05, 0) is 24.5 Å². The highest BCUT2D eigenvalue weighted by atomic mass is 32.1. The second kappa shape index (κ2) is 6.92. The lowest BCUT2D eigenvalue weighted by Crippen LogP contribution is -1.99. The zero-order chi connectivity index (χ0) is 12.1. The SMILES string of the molecule is C.Oc1ccccc1C(=S)CCc1ccccc1. The molecule has 0 bridgehead atoms. The van der Waals surface area contributed by atoms with Crippen LogP contribution in [0.2, 0.25) is 0 Å². The topological polar surface area (TPSA) is 20.2 Å². The first-order valence-electron chi connectivity index (χ1n) is 5.62. The lowest BCUT2D eigenvalue weighted by Gasteiger charge is -2.06. The summed E-state index contributed by atoms with van der Waals surface area (Å²) in [7, 11) is 0. The minimum absolute atomic E-state index is 0. The third kappa shape index (κ3) is 3.67. The van der Waals surface area contributed by atoms with Gasteiger partial charge in [0, 0.05) is 10.4 Å². The van der Waals surface area contributed by atoms with E-state index in [9.17, 15) is 5.11 Å². The molecule has 0 heterocycles. The fourth-order valence-electron chi connectivity index (χ4n) is 1.75. The molecule has 0 radical (unpaired) electrons. The van der Waals surface area contributed by atoms with Gasteiger partial charge in [0.25, 0.3) is 0 Å². The van der Waals surface area contributed by atoms with Gasteiger partial charge in [-0.3, -0.25) is 0 Å². The lowest BCUT2D eigenvalue weighted by molar-refractivity contribution is 0.474. The first kappa shape index (κ1) is 14.4. The molecule has 0 aromatic heterocycles. The van der Waals surface area contributed by atoms with Crippen LogP contribution in [0.5, 0.6) is 5.75 Å². The first-order valence-corrected chi connectivity index (χ1v) is 6.03. The van der Waals surface area contributed by atoms with E-state index in [2.05, 4.69) is 12.1 Å². The van der Waals surface area contributed by atoms with Crippen LogP contribution in [0.4, 0.5) is 0 Å². The predicted molar refractivity (Wildman–Crippen MR) is 81.3 cm³/mol. The molecule has 0 spiro atoms. The second-order valence-electron chi connectivity index (χ2n) is 3.93. The van der Waals surface area contributed by atoms with E-state index in [4.69, 9.17) is 12.2 Å². The molecular formula is C16H18OS. The maximum atomic E-state index is 9.69. The van der Waals surface area contributed by atoms with Crippen LogP contribution in [0.1, 0.15) is 25.0 Å². The number of aromatic hydroxyl groups is 1. The summed E-state index contributed by atoms with van der Waals surface area (Å²) in [6, 6.07) is 17.5. The Morgan fingerprint density at radius 1 is 0.944 bits per heavy atom. The monoisotopic (exact) mass is 258 g/mol. The van der Waals surface area contributed by atoms with Crippen LogP contribution in [0.25, 0.3) is 0 Å². The van der Waals surface area contributed by atoms with Gasteiger partial charge >= 0.3 is 0 Å². The maximum Gasteiger partial charge on any atom is 0.123 e. The Labute approximate surface area is 114 Å². The van der Waals surface area contributed by atoms with Crippen molar-refractivity contribution < 1.29 is 5.11 Å². The molecule has 0 amide bonds. The van der Waals surface area contributed by atoms with E-state index < -0.39 is 0 Å². The number of aryl methyl sites for hydroxylation is 1. The van der Waals surface area contributed by atoms with Gasteiger partial charge in [0.2, 0.25) is 0 Å². The Balaban J connectivity index is 0.00000162. The van der Waals surface area contributed by atoms with Gasteiger partial charge in [-0.25, -0.2) is 0 Å². The minimum Gasteiger partial charge on any atom is -0.507 e. The van der Waals surface area contributed by atoms with Crippen molar-refractivity contribution >= 4 is 17.1 Å². The van der Waals surface area contributed by atoms with Crippen LogP contribution in [0.15, 0.2) is 54.6 Å². The average molecular weight is 258 g/mol. The average Bonchev–Trinajstić information content (AvgIpc) is 2.38. The third-order valence-electron chi connectivity index (χ3n) is 2.69. The molecule has 2 heteroatoms. The quantitative estimate of drug-likeness (QED) is 0.648. The number of phenols is 1. The highest BCUT2D eigenvalue weighted by Gasteiger charge is 2.06. The number of hydrogen-bond donors (Lipinski definition) is 1. The summed E-state index contributed by atoms with van der Waals surface area (Å²) in [6.07, 6.45) is 1.70. The summed E-state index contributed by atoms with van der Waals surface area (Å²) < 4.78 is 0. The van der Waals surface area contributed by atoms with E-state index in [0.717, 1.165) is 23.3 Å². The fourth-order valence-corrected chi connectivity index (χ4v) is 2.02. The Morgan fingerprint density at radius 2 is 1.56 bits per heavy atom. The molecule has 2 rings (SSSR count). The van der Waals surface area contributed by atoms with Gasteiger partial charge < -0.3 is 5.11 Å². The molecule has 2 aromatic carbocycles. The summed E-state index contributed by atoms with van der Waals surface area (Å²) in [5.41, 5.74) is 2.05. The standard InChI is InChI=1S/C15H14OS.CH4/c16-14-9-5-4-8-13(14)15(17)11-10-12-6-2-1-3-7-12;/h1-9,16H,10-11H2;1H4. The Kier molecular flexibility index (Phi) is 5.53. The molecular weight excluding hydrogens is 240 g/mol. The minimum atomic E-state index is 0. The summed E-state index contributed by atoms with van der Waals surface area (Å²) >= 11 is 5.35. The molecule has 0 atom stereocenters. The summed E-state index contributed by atoms with van der Waals surface area (Å²) in [6.45, 7) is 0. The number of hydrogen-bond acceptors (Lipinski definition) is 2. The van der Waals surface area contributed by atoms with Crippen molar-refractivity contribution in [1.29, 1.82) is 0 Å². The van der Waals surface area contributed by atoms with Crippen LogP contribution < -0.4 is 0 Å². The van der Waals surface area contributed by atoms with Crippen molar-refractivity contribution in [3.8, 4) is 5.75 Å². The van der Waals surface area contributed by atoms with Crippen molar-refractivity contribution in [2.75, 3.05) is 0 Å². The fraction of sp³-hybridized carbons (Fsp3) is 0.188. The van der Waals surface area contributed by atoms with Gasteiger partial charge in [0.15, 0.2) is 0 Å². The Bertz CT molecular complexity index is 506. The maximum absolute atomic E-state index is 9.69. The largest absolute Gasteiger partial charge is 0.507 e. The molecule has 0 aliphatic heterocycles. The smallest absolute Gasteiger partial charge is 0.123 e. The first-order chi connectivity index (χ1) is 8.27. The van der Waals surface area contributed by atoms with E-state index in [1.54, 1.807) is 12.1 Å². The molecule has 2 aromatic rings. The van der Waals surface area contributed by atoms with Crippen LogP contribution in [0, 0.1) is 0 Å². The lowest BCUT2D eigenvalue weighted by atomic mass is 10.0. The molecule has 0 fully saturated rings. The predicted octanol–water partition coefficient (Wildman–Crippen LogP) is 4.38. The zero-order valence-electron chi connectivity index (χ0n) is 9.47. The molecule has 0 aliphatic carbocycles. The highest BCUT2D eigenvalue weighted by molar-refractivity contribution is 7.80. The van der Waals surface area contributed by atoms with Gasteiger partial charge in [-0.2, -0.15) is 0 Å². The van der Waals surface area contributed by atoms with Crippen molar-refractivity contribution in [2.24, 2.45) is 0 Å². The Hall–Kier alpha value is -1.67. The second-order valence-corrected chi connectivity index (χ2v) is 4.42. The molecule has 0 saturated heterocycles. The molecule has 94 valence electrons. The summed E-state index contributed by atoms with van der Waals surface area (Å²) in [5, 5.41) is 9.69.